The van der Waals surface area contributed by atoms with Crippen LogP contribution in [0.4, 0.5) is 0 Å². The third-order valence-electron chi connectivity index (χ3n) is 14.9. The number of rotatable bonds is 62. The van der Waals surface area contributed by atoms with Gasteiger partial charge in [-0.05, 0) is 109 Å². The fourth-order valence-electron chi connectivity index (χ4n) is 9.74. The molecular weight excluding hydrogens is 973 g/mol. The first-order chi connectivity index (χ1) is 39.0. The van der Waals surface area contributed by atoms with E-state index in [0.29, 0.717) is 19.3 Å². The van der Waals surface area contributed by atoms with E-state index in [9.17, 15) is 14.4 Å². The minimum atomic E-state index is -0.781. The van der Waals surface area contributed by atoms with Gasteiger partial charge >= 0.3 is 17.9 Å². The average molecular weight is 1100 g/mol. The van der Waals surface area contributed by atoms with E-state index in [1.165, 1.54) is 205 Å². The molecule has 0 bridgehead atoms. The maximum absolute atomic E-state index is 12.9. The van der Waals surface area contributed by atoms with Crippen molar-refractivity contribution in [1.29, 1.82) is 0 Å². The van der Waals surface area contributed by atoms with Gasteiger partial charge in [-0.3, -0.25) is 14.4 Å². The van der Waals surface area contributed by atoms with Crippen molar-refractivity contribution in [1.82, 2.24) is 0 Å². The average Bonchev–Trinajstić information content (AvgIpc) is 3.45. The molecule has 0 rings (SSSR count). The lowest BCUT2D eigenvalue weighted by molar-refractivity contribution is -0.167. The summed E-state index contributed by atoms with van der Waals surface area (Å²) in [5, 5.41) is 0. The van der Waals surface area contributed by atoms with Crippen molar-refractivity contribution < 1.29 is 28.6 Å². The van der Waals surface area contributed by atoms with Crippen LogP contribution in [0, 0.1) is 0 Å². The van der Waals surface area contributed by atoms with Crippen LogP contribution in [0.3, 0.4) is 0 Å². The second-order valence-electron chi connectivity index (χ2n) is 22.7. The lowest BCUT2D eigenvalue weighted by Gasteiger charge is -2.18. The molecule has 0 N–H and O–H groups in total. The molecule has 456 valence electrons. The summed E-state index contributed by atoms with van der Waals surface area (Å²) in [6.45, 7) is 6.52. The third-order valence-corrected chi connectivity index (χ3v) is 14.9. The van der Waals surface area contributed by atoms with Gasteiger partial charge in [0.1, 0.15) is 13.2 Å². The lowest BCUT2D eigenvalue weighted by Crippen LogP contribution is -2.30. The monoisotopic (exact) mass is 1100 g/mol. The van der Waals surface area contributed by atoms with Crippen molar-refractivity contribution >= 4 is 17.9 Å². The molecule has 0 saturated carbocycles. The Morgan fingerprint density at radius 1 is 0.266 bits per heavy atom. The van der Waals surface area contributed by atoms with E-state index in [4.69, 9.17) is 14.2 Å². The molecule has 0 spiro atoms. The van der Waals surface area contributed by atoms with Crippen molar-refractivity contribution in [2.75, 3.05) is 13.2 Å². The van der Waals surface area contributed by atoms with Crippen LogP contribution >= 0.6 is 0 Å². The molecule has 1 unspecified atom stereocenters. The summed E-state index contributed by atoms with van der Waals surface area (Å²) < 4.78 is 16.9. The smallest absolute Gasteiger partial charge is 0.306 e. The number of ether oxygens (including phenoxy) is 3. The molecule has 0 aliphatic heterocycles. The minimum Gasteiger partial charge on any atom is -0.462 e. The maximum Gasteiger partial charge on any atom is 0.306 e. The Morgan fingerprint density at radius 3 is 0.823 bits per heavy atom. The van der Waals surface area contributed by atoms with Crippen molar-refractivity contribution in [3.8, 4) is 0 Å². The maximum atomic E-state index is 12.9. The zero-order chi connectivity index (χ0) is 57.1. The molecule has 79 heavy (non-hydrogen) atoms. The molecule has 0 aromatic rings. The number of hydrogen-bond donors (Lipinski definition) is 0. The first kappa shape index (κ1) is 75.6. The van der Waals surface area contributed by atoms with E-state index in [2.05, 4.69) is 106 Å². The highest BCUT2D eigenvalue weighted by molar-refractivity contribution is 5.71. The Hall–Kier alpha value is -3.41. The van der Waals surface area contributed by atoms with Crippen LogP contribution in [-0.2, 0) is 28.6 Å². The highest BCUT2D eigenvalue weighted by Crippen LogP contribution is 2.17. The standard InChI is InChI=1S/C73H128O6/c1-4-7-10-13-16-19-22-24-26-28-30-32-33-34-35-36-37-38-39-41-42-44-46-48-51-54-57-60-63-66-72(75)78-69-70(68-77-71(74)65-62-59-56-53-50-21-18-15-12-9-6-3)79-73(76)67-64-61-58-55-52-49-47-45-43-40-31-29-27-25-23-20-17-14-11-8-5-2/h7,10,15-16,18-19,24,26,29-32,34-35,70H,4-6,8-9,11-14,17,20-23,25,27-28,33,36-69H2,1-3H3/b10-7-,18-15-,19-16-,26-24-,31-29-,32-30-,35-34-. The first-order valence-electron chi connectivity index (χ1n) is 34.1. The Kier molecular flexibility index (Phi) is 64.2. The molecule has 0 aromatic carbocycles. The summed E-state index contributed by atoms with van der Waals surface area (Å²) in [4.78, 5) is 38.3. The topological polar surface area (TPSA) is 78.9 Å². The van der Waals surface area contributed by atoms with E-state index in [1.807, 2.05) is 0 Å². The number of unbranched alkanes of at least 4 members (excludes halogenated alkanes) is 37. The van der Waals surface area contributed by atoms with Gasteiger partial charge < -0.3 is 14.2 Å². The zero-order valence-electron chi connectivity index (χ0n) is 52.4. The van der Waals surface area contributed by atoms with E-state index in [0.717, 1.165) is 96.3 Å². The highest BCUT2D eigenvalue weighted by atomic mass is 16.6. The summed E-state index contributed by atoms with van der Waals surface area (Å²) >= 11 is 0. The Balaban J connectivity index is 4.21. The Labute approximate surface area is 490 Å². The van der Waals surface area contributed by atoms with Crippen LogP contribution in [-0.4, -0.2) is 37.2 Å². The van der Waals surface area contributed by atoms with Crippen LogP contribution in [0.25, 0.3) is 0 Å². The minimum absolute atomic E-state index is 0.0779. The molecular formula is C73H128O6. The predicted molar refractivity (Wildman–Crippen MR) is 344 cm³/mol. The molecule has 0 fully saturated rings. The fourth-order valence-corrected chi connectivity index (χ4v) is 9.74. The van der Waals surface area contributed by atoms with Crippen molar-refractivity contribution in [3.63, 3.8) is 0 Å². The molecule has 6 heteroatoms. The van der Waals surface area contributed by atoms with Gasteiger partial charge in [-0.1, -0.05) is 298 Å². The van der Waals surface area contributed by atoms with Crippen LogP contribution in [0.2, 0.25) is 0 Å². The Bertz CT molecular complexity index is 1500. The van der Waals surface area contributed by atoms with Gasteiger partial charge in [0.25, 0.3) is 0 Å². The molecule has 1 atom stereocenters. The summed E-state index contributed by atoms with van der Waals surface area (Å²) in [5.74, 6) is -0.876. The molecule has 0 heterocycles. The molecule has 0 saturated heterocycles. The van der Waals surface area contributed by atoms with Crippen molar-refractivity contribution in [2.24, 2.45) is 0 Å². The number of esters is 3. The van der Waals surface area contributed by atoms with Gasteiger partial charge in [-0.25, -0.2) is 0 Å². The quantitative estimate of drug-likeness (QED) is 0.0261. The number of carbonyl (C=O) groups is 3. The summed E-state index contributed by atoms with van der Waals surface area (Å²) in [5.41, 5.74) is 0. The van der Waals surface area contributed by atoms with Crippen LogP contribution < -0.4 is 0 Å². The number of carbonyl (C=O) groups excluding carboxylic acids is 3. The van der Waals surface area contributed by atoms with Gasteiger partial charge in [0.05, 0.1) is 0 Å². The number of allylic oxidation sites excluding steroid dienone is 14. The fraction of sp³-hybridized carbons (Fsp3) is 0.767. The normalized spacial score (nSPS) is 12.6. The molecule has 0 aliphatic carbocycles. The van der Waals surface area contributed by atoms with Gasteiger partial charge in [0.15, 0.2) is 6.10 Å². The van der Waals surface area contributed by atoms with E-state index < -0.39 is 6.10 Å². The second kappa shape index (κ2) is 67.1. The van der Waals surface area contributed by atoms with Gasteiger partial charge in [0, 0.05) is 19.3 Å². The summed E-state index contributed by atoms with van der Waals surface area (Å²) in [7, 11) is 0. The summed E-state index contributed by atoms with van der Waals surface area (Å²) in [6.07, 6.45) is 88.9. The third kappa shape index (κ3) is 65.3. The highest BCUT2D eigenvalue weighted by Gasteiger charge is 2.19. The van der Waals surface area contributed by atoms with Crippen LogP contribution in [0.15, 0.2) is 85.1 Å². The van der Waals surface area contributed by atoms with Crippen LogP contribution in [0.5, 0.6) is 0 Å². The molecule has 0 radical (unpaired) electrons. The Morgan fingerprint density at radius 2 is 0.506 bits per heavy atom. The van der Waals surface area contributed by atoms with E-state index >= 15 is 0 Å². The lowest BCUT2D eigenvalue weighted by atomic mass is 10.0. The first-order valence-corrected chi connectivity index (χ1v) is 34.1. The van der Waals surface area contributed by atoms with Crippen molar-refractivity contribution in [3.05, 3.63) is 85.1 Å². The van der Waals surface area contributed by atoms with E-state index in [-0.39, 0.29) is 31.1 Å². The number of hydrogen-bond acceptors (Lipinski definition) is 6. The molecule has 0 aromatic heterocycles. The van der Waals surface area contributed by atoms with E-state index in [1.54, 1.807) is 0 Å². The zero-order valence-corrected chi connectivity index (χ0v) is 52.4. The molecule has 0 amide bonds. The largest absolute Gasteiger partial charge is 0.462 e. The molecule has 6 nitrogen and oxygen atoms in total. The predicted octanol–water partition coefficient (Wildman–Crippen LogP) is 23.4. The van der Waals surface area contributed by atoms with Gasteiger partial charge in [-0.2, -0.15) is 0 Å². The van der Waals surface area contributed by atoms with Gasteiger partial charge in [-0.15, -0.1) is 0 Å². The van der Waals surface area contributed by atoms with Crippen molar-refractivity contribution in [2.45, 2.75) is 348 Å². The van der Waals surface area contributed by atoms with Gasteiger partial charge in [0.2, 0.25) is 0 Å². The summed E-state index contributed by atoms with van der Waals surface area (Å²) in [6, 6.07) is 0. The second-order valence-corrected chi connectivity index (χ2v) is 22.7. The SMILES string of the molecule is CC/C=C\C/C=C\C/C=C\C/C=C\C/C=C\CCCCCCCCCCCCCCCC(=O)OCC(COC(=O)CCCCCCC/C=C\CCCC)OC(=O)CCCCCCCCCCC/C=C\CCCCCCCCCC. The van der Waals surface area contributed by atoms with Crippen LogP contribution in [0.1, 0.15) is 342 Å². The molecule has 0 aliphatic rings.